The number of aliphatic imine (C=N–C) groups is 1. The van der Waals surface area contributed by atoms with E-state index in [4.69, 9.17) is 4.99 Å². The Morgan fingerprint density at radius 1 is 1.17 bits per heavy atom. The summed E-state index contributed by atoms with van der Waals surface area (Å²) in [4.78, 5) is 8.76. The van der Waals surface area contributed by atoms with Crippen LogP contribution in [0.1, 0.15) is 36.1 Å². The van der Waals surface area contributed by atoms with Crippen LogP contribution in [0.3, 0.4) is 0 Å². The topological polar surface area (TPSA) is 59.9 Å². The molecule has 1 unspecified atom stereocenters. The largest absolute Gasteiger partial charge is 0.396 e. The van der Waals surface area contributed by atoms with Crippen molar-refractivity contribution in [3.05, 3.63) is 58.3 Å². The fraction of sp³-hybridized carbons (Fsp3) is 0.522. The fourth-order valence-corrected chi connectivity index (χ4v) is 4.50. The molecule has 3 rings (SSSR count). The van der Waals surface area contributed by atoms with Gasteiger partial charge in [0.25, 0.3) is 0 Å². The van der Waals surface area contributed by atoms with Crippen molar-refractivity contribution >= 4 is 17.3 Å². The van der Waals surface area contributed by atoms with Crippen LogP contribution in [0.25, 0.3) is 0 Å². The van der Waals surface area contributed by atoms with E-state index in [9.17, 15) is 5.11 Å². The first-order valence-electron chi connectivity index (χ1n) is 10.7. The maximum Gasteiger partial charge on any atom is 0.191 e. The van der Waals surface area contributed by atoms with Gasteiger partial charge in [-0.15, -0.1) is 11.3 Å². The van der Waals surface area contributed by atoms with Gasteiger partial charge in [-0.2, -0.15) is 0 Å². The lowest BCUT2D eigenvalue weighted by molar-refractivity contribution is 0.179. The van der Waals surface area contributed by atoms with Crippen molar-refractivity contribution in [3.8, 4) is 0 Å². The molecule has 2 heterocycles. The van der Waals surface area contributed by atoms with Gasteiger partial charge in [0.1, 0.15) is 0 Å². The predicted molar refractivity (Wildman–Crippen MR) is 123 cm³/mol. The lowest BCUT2D eigenvalue weighted by atomic mass is 9.97. The number of aliphatic hydroxyl groups is 1. The molecule has 158 valence electrons. The number of guanidine groups is 1. The molecule has 0 spiro atoms. The number of hydrogen-bond acceptors (Lipinski definition) is 4. The van der Waals surface area contributed by atoms with Crippen LogP contribution in [0.4, 0.5) is 0 Å². The normalized spacial score (nSPS) is 17.2. The Morgan fingerprint density at radius 3 is 2.62 bits per heavy atom. The van der Waals surface area contributed by atoms with E-state index >= 15 is 0 Å². The highest BCUT2D eigenvalue weighted by molar-refractivity contribution is 7.09. The zero-order chi connectivity index (χ0) is 20.3. The zero-order valence-electron chi connectivity index (χ0n) is 17.4. The van der Waals surface area contributed by atoms with E-state index in [-0.39, 0.29) is 12.5 Å². The van der Waals surface area contributed by atoms with Gasteiger partial charge in [0.2, 0.25) is 0 Å². The van der Waals surface area contributed by atoms with Crippen LogP contribution < -0.4 is 10.6 Å². The van der Waals surface area contributed by atoms with E-state index in [1.165, 1.54) is 30.8 Å². The second kappa shape index (κ2) is 12.0. The van der Waals surface area contributed by atoms with Gasteiger partial charge in [-0.1, -0.05) is 36.4 Å². The molecule has 29 heavy (non-hydrogen) atoms. The number of rotatable bonds is 9. The third kappa shape index (κ3) is 7.14. The minimum absolute atomic E-state index is 0.0344. The molecule has 0 amide bonds. The Labute approximate surface area is 178 Å². The lowest BCUT2D eigenvalue weighted by Crippen LogP contribution is -2.43. The molecule has 6 heteroatoms. The maximum absolute atomic E-state index is 9.76. The number of piperidine rings is 1. The Balaban J connectivity index is 1.45. The lowest BCUT2D eigenvalue weighted by Gasteiger charge is -2.32. The van der Waals surface area contributed by atoms with Crippen molar-refractivity contribution in [2.24, 2.45) is 10.9 Å². The average molecular weight is 415 g/mol. The quantitative estimate of drug-likeness (QED) is 0.435. The van der Waals surface area contributed by atoms with Gasteiger partial charge in [0, 0.05) is 30.4 Å². The van der Waals surface area contributed by atoms with Crippen LogP contribution in [0.15, 0.2) is 52.8 Å². The van der Waals surface area contributed by atoms with Crippen LogP contribution in [0.5, 0.6) is 0 Å². The average Bonchev–Trinajstić information content (AvgIpc) is 3.27. The summed E-state index contributed by atoms with van der Waals surface area (Å²) in [5.41, 5.74) is 1.13. The maximum atomic E-state index is 9.76. The zero-order valence-corrected chi connectivity index (χ0v) is 18.2. The number of benzene rings is 1. The van der Waals surface area contributed by atoms with Gasteiger partial charge in [-0.05, 0) is 55.8 Å². The standard InChI is InChI=1S/C23H34N4OS/c1-2-24-23(26-16-21(18-28)20-7-4-3-5-8-20)25-15-19-10-12-27(13-11-19)17-22-9-6-14-29-22/h3-9,14,19,21,28H,2,10-13,15-18H2,1H3,(H2,24,25,26). The fourth-order valence-electron chi connectivity index (χ4n) is 3.75. The van der Waals surface area contributed by atoms with Crippen LogP contribution >= 0.6 is 11.3 Å². The van der Waals surface area contributed by atoms with Gasteiger partial charge in [0.15, 0.2) is 5.96 Å². The Bertz CT molecular complexity index is 712. The van der Waals surface area contributed by atoms with Crippen molar-refractivity contribution in [3.63, 3.8) is 0 Å². The van der Waals surface area contributed by atoms with Gasteiger partial charge < -0.3 is 15.7 Å². The molecule has 0 radical (unpaired) electrons. The predicted octanol–water partition coefficient (Wildman–Crippen LogP) is 3.29. The number of likely N-dealkylation sites (tertiary alicyclic amines) is 1. The van der Waals surface area contributed by atoms with Gasteiger partial charge in [-0.3, -0.25) is 9.89 Å². The first kappa shape index (κ1) is 21.8. The highest BCUT2D eigenvalue weighted by Crippen LogP contribution is 2.20. The molecule has 1 aliphatic rings. The van der Waals surface area contributed by atoms with E-state index in [1.54, 1.807) is 0 Å². The van der Waals surface area contributed by atoms with E-state index in [1.807, 2.05) is 29.5 Å². The van der Waals surface area contributed by atoms with Crippen molar-refractivity contribution in [1.29, 1.82) is 0 Å². The molecule has 0 saturated carbocycles. The number of thiophene rings is 1. The minimum atomic E-state index is 0.0344. The molecule has 1 aromatic carbocycles. The van der Waals surface area contributed by atoms with Crippen LogP contribution in [0.2, 0.25) is 0 Å². The van der Waals surface area contributed by atoms with E-state index in [2.05, 4.69) is 52.1 Å². The Hall–Kier alpha value is -1.89. The number of aliphatic hydroxyl groups excluding tert-OH is 1. The molecular formula is C23H34N4OS. The van der Waals surface area contributed by atoms with Crippen LogP contribution in [-0.2, 0) is 6.54 Å². The second-order valence-electron chi connectivity index (χ2n) is 7.69. The molecule has 2 aromatic rings. The molecule has 1 fully saturated rings. The molecule has 5 nitrogen and oxygen atoms in total. The summed E-state index contributed by atoms with van der Waals surface area (Å²) >= 11 is 1.85. The number of hydrogen-bond donors (Lipinski definition) is 3. The molecule has 1 saturated heterocycles. The summed E-state index contributed by atoms with van der Waals surface area (Å²) in [5, 5.41) is 18.8. The highest BCUT2D eigenvalue weighted by atomic mass is 32.1. The minimum Gasteiger partial charge on any atom is -0.396 e. The van der Waals surface area contributed by atoms with Crippen LogP contribution in [-0.4, -0.2) is 55.3 Å². The molecule has 3 N–H and O–H groups in total. The molecule has 1 aliphatic heterocycles. The highest BCUT2D eigenvalue weighted by Gasteiger charge is 2.20. The smallest absolute Gasteiger partial charge is 0.191 e. The molecule has 1 aromatic heterocycles. The summed E-state index contributed by atoms with van der Waals surface area (Å²) in [6, 6.07) is 14.5. The third-order valence-electron chi connectivity index (χ3n) is 5.53. The first-order chi connectivity index (χ1) is 14.3. The van der Waals surface area contributed by atoms with E-state index in [0.29, 0.717) is 12.5 Å². The molecule has 0 aliphatic carbocycles. The van der Waals surface area contributed by atoms with Gasteiger partial charge in [-0.25, -0.2) is 0 Å². The van der Waals surface area contributed by atoms with Crippen molar-refractivity contribution < 1.29 is 5.11 Å². The second-order valence-corrected chi connectivity index (χ2v) is 8.72. The van der Waals surface area contributed by atoms with Gasteiger partial charge in [0.05, 0.1) is 13.2 Å². The van der Waals surface area contributed by atoms with Crippen molar-refractivity contribution in [1.82, 2.24) is 15.5 Å². The summed E-state index contributed by atoms with van der Waals surface area (Å²) in [6.07, 6.45) is 2.45. The van der Waals surface area contributed by atoms with E-state index < -0.39 is 0 Å². The summed E-state index contributed by atoms with van der Waals surface area (Å²) in [7, 11) is 0. The molecular weight excluding hydrogens is 380 g/mol. The monoisotopic (exact) mass is 414 g/mol. The first-order valence-corrected chi connectivity index (χ1v) is 11.6. The van der Waals surface area contributed by atoms with Crippen molar-refractivity contribution in [2.75, 3.05) is 39.3 Å². The number of nitrogens with one attached hydrogen (secondary N) is 2. The molecule has 1 atom stereocenters. The summed E-state index contributed by atoms with van der Waals surface area (Å²) in [5.74, 6) is 1.57. The van der Waals surface area contributed by atoms with Crippen molar-refractivity contribution in [2.45, 2.75) is 32.2 Å². The van der Waals surface area contributed by atoms with Gasteiger partial charge >= 0.3 is 0 Å². The summed E-state index contributed by atoms with van der Waals surface area (Å²) in [6.45, 7) is 7.97. The SMILES string of the molecule is CCNC(=NCC(CO)c1ccccc1)NCC1CCN(Cc2cccs2)CC1. The van der Waals surface area contributed by atoms with Crippen LogP contribution in [0, 0.1) is 5.92 Å². The van der Waals surface area contributed by atoms with E-state index in [0.717, 1.165) is 31.2 Å². The number of nitrogens with zero attached hydrogens (tertiary/aromatic N) is 2. The third-order valence-corrected chi connectivity index (χ3v) is 6.39. The Kier molecular flexibility index (Phi) is 8.99. The summed E-state index contributed by atoms with van der Waals surface area (Å²) < 4.78 is 0. The molecule has 0 bridgehead atoms. The Morgan fingerprint density at radius 2 is 1.97 bits per heavy atom.